The number of aryl methyl sites for hydroxylation is 1. The number of hydrogen-bond acceptors (Lipinski definition) is 2. The number of anilines is 2. The molecule has 132 valence electrons. The molecule has 2 rings (SSSR count). The first-order valence-corrected chi connectivity index (χ1v) is 8.60. The van der Waals surface area contributed by atoms with Crippen molar-refractivity contribution in [1.82, 2.24) is 0 Å². The number of rotatable bonds is 5. The third-order valence-electron chi connectivity index (χ3n) is 3.98. The number of halogens is 1. The minimum Gasteiger partial charge on any atom is -0.326 e. The van der Waals surface area contributed by atoms with Crippen molar-refractivity contribution in [2.45, 2.75) is 33.6 Å². The third kappa shape index (κ3) is 5.07. The highest BCUT2D eigenvalue weighted by Gasteiger charge is 2.24. The van der Waals surface area contributed by atoms with Crippen LogP contribution < -0.4 is 10.6 Å². The van der Waals surface area contributed by atoms with E-state index in [4.69, 9.17) is 11.6 Å². The Morgan fingerprint density at radius 3 is 2.16 bits per heavy atom. The lowest BCUT2D eigenvalue weighted by Gasteiger charge is -2.21. The summed E-state index contributed by atoms with van der Waals surface area (Å²) in [6, 6.07) is 12.8. The van der Waals surface area contributed by atoms with Gasteiger partial charge in [0.1, 0.15) is 0 Å². The molecule has 25 heavy (non-hydrogen) atoms. The van der Waals surface area contributed by atoms with E-state index in [0.717, 1.165) is 16.8 Å². The molecule has 2 N–H and O–H groups in total. The average molecular weight is 359 g/mol. The maximum atomic E-state index is 12.8. The Hall–Kier alpha value is -2.33. The molecule has 0 spiro atoms. The van der Waals surface area contributed by atoms with Crippen LogP contribution in [0, 0.1) is 12.8 Å². The predicted octanol–water partition coefficient (Wildman–Crippen LogP) is 4.99. The SMILES string of the molecule is CC(=O)Nc1ccc(NC(=O)C(c2ccc(Cl)cc2)C(C)C)cc1C. The molecule has 1 atom stereocenters. The van der Waals surface area contributed by atoms with E-state index in [1.807, 2.05) is 39.0 Å². The van der Waals surface area contributed by atoms with Crippen molar-refractivity contribution < 1.29 is 9.59 Å². The van der Waals surface area contributed by atoms with E-state index in [2.05, 4.69) is 10.6 Å². The highest BCUT2D eigenvalue weighted by molar-refractivity contribution is 6.30. The second kappa shape index (κ2) is 8.17. The van der Waals surface area contributed by atoms with Crippen LogP contribution in [-0.4, -0.2) is 11.8 Å². The van der Waals surface area contributed by atoms with Crippen LogP contribution in [0.5, 0.6) is 0 Å². The number of hydrogen-bond donors (Lipinski definition) is 2. The standard InChI is InChI=1S/C20H23ClN2O2/c1-12(2)19(15-5-7-16(21)8-6-15)20(25)23-17-9-10-18(13(3)11-17)22-14(4)24/h5-12,19H,1-4H3,(H,22,24)(H,23,25). The minimum absolute atomic E-state index is 0.0657. The lowest BCUT2D eigenvalue weighted by atomic mass is 9.87. The van der Waals surface area contributed by atoms with Crippen molar-refractivity contribution >= 4 is 34.8 Å². The van der Waals surface area contributed by atoms with Gasteiger partial charge in [-0.15, -0.1) is 0 Å². The van der Waals surface area contributed by atoms with Crippen LogP contribution in [0.4, 0.5) is 11.4 Å². The van der Waals surface area contributed by atoms with Crippen LogP contribution >= 0.6 is 11.6 Å². The quantitative estimate of drug-likeness (QED) is 0.791. The lowest BCUT2D eigenvalue weighted by molar-refractivity contribution is -0.118. The smallest absolute Gasteiger partial charge is 0.232 e. The van der Waals surface area contributed by atoms with Gasteiger partial charge in [0.2, 0.25) is 11.8 Å². The monoisotopic (exact) mass is 358 g/mol. The second-order valence-corrected chi connectivity index (χ2v) is 6.91. The molecule has 2 aromatic rings. The van der Waals surface area contributed by atoms with Crippen LogP contribution in [0.1, 0.15) is 37.8 Å². The number of nitrogens with one attached hydrogen (secondary N) is 2. The Morgan fingerprint density at radius 1 is 1.00 bits per heavy atom. The first kappa shape index (κ1) is 19.0. The Morgan fingerprint density at radius 2 is 1.64 bits per heavy atom. The molecule has 0 aliphatic rings. The molecule has 2 aromatic carbocycles. The molecule has 0 heterocycles. The van der Waals surface area contributed by atoms with Crippen LogP contribution in [0.25, 0.3) is 0 Å². The van der Waals surface area contributed by atoms with E-state index in [9.17, 15) is 9.59 Å². The van der Waals surface area contributed by atoms with Gasteiger partial charge in [-0.05, 0) is 54.3 Å². The van der Waals surface area contributed by atoms with Crippen LogP contribution in [0.2, 0.25) is 5.02 Å². The number of carbonyl (C=O) groups is 2. The summed E-state index contributed by atoms with van der Waals surface area (Å²) >= 11 is 5.94. The van der Waals surface area contributed by atoms with Gasteiger partial charge >= 0.3 is 0 Å². The first-order valence-electron chi connectivity index (χ1n) is 8.22. The molecular weight excluding hydrogens is 336 g/mol. The summed E-state index contributed by atoms with van der Waals surface area (Å²) in [6.45, 7) is 7.39. The summed E-state index contributed by atoms with van der Waals surface area (Å²) in [5, 5.41) is 6.38. The van der Waals surface area contributed by atoms with Gasteiger partial charge in [0.15, 0.2) is 0 Å². The molecule has 0 fully saturated rings. The molecular formula is C20H23ClN2O2. The molecule has 0 bridgehead atoms. The van der Waals surface area contributed by atoms with Gasteiger partial charge in [-0.25, -0.2) is 0 Å². The predicted molar refractivity (Wildman–Crippen MR) is 103 cm³/mol. The van der Waals surface area contributed by atoms with Crippen molar-refractivity contribution in [2.24, 2.45) is 5.92 Å². The summed E-state index contributed by atoms with van der Waals surface area (Å²) in [6.07, 6.45) is 0. The maximum absolute atomic E-state index is 12.8. The highest BCUT2D eigenvalue weighted by Crippen LogP contribution is 2.28. The van der Waals surface area contributed by atoms with E-state index < -0.39 is 0 Å². The van der Waals surface area contributed by atoms with E-state index in [1.165, 1.54) is 6.92 Å². The van der Waals surface area contributed by atoms with Gasteiger partial charge in [0.05, 0.1) is 5.92 Å². The van der Waals surface area contributed by atoms with E-state index in [0.29, 0.717) is 10.7 Å². The van der Waals surface area contributed by atoms with Crippen molar-refractivity contribution in [3.63, 3.8) is 0 Å². The number of carbonyl (C=O) groups excluding carboxylic acids is 2. The van der Waals surface area contributed by atoms with E-state index in [-0.39, 0.29) is 23.7 Å². The van der Waals surface area contributed by atoms with Crippen LogP contribution in [-0.2, 0) is 9.59 Å². The fourth-order valence-corrected chi connectivity index (χ4v) is 2.93. The van der Waals surface area contributed by atoms with Gasteiger partial charge < -0.3 is 10.6 Å². The van der Waals surface area contributed by atoms with Gasteiger partial charge in [-0.2, -0.15) is 0 Å². The lowest BCUT2D eigenvalue weighted by Crippen LogP contribution is -2.25. The summed E-state index contributed by atoms with van der Waals surface area (Å²) in [7, 11) is 0. The van der Waals surface area contributed by atoms with Crippen LogP contribution in [0.3, 0.4) is 0 Å². The molecule has 0 saturated carbocycles. The third-order valence-corrected chi connectivity index (χ3v) is 4.23. The van der Waals surface area contributed by atoms with Crippen molar-refractivity contribution in [1.29, 1.82) is 0 Å². The van der Waals surface area contributed by atoms with E-state index in [1.54, 1.807) is 24.3 Å². The maximum Gasteiger partial charge on any atom is 0.232 e. The molecule has 0 aromatic heterocycles. The molecule has 1 unspecified atom stereocenters. The topological polar surface area (TPSA) is 58.2 Å². The largest absolute Gasteiger partial charge is 0.326 e. The highest BCUT2D eigenvalue weighted by atomic mass is 35.5. The number of benzene rings is 2. The molecule has 5 heteroatoms. The zero-order valence-corrected chi connectivity index (χ0v) is 15.6. The summed E-state index contributed by atoms with van der Waals surface area (Å²) in [4.78, 5) is 24.0. The van der Waals surface area contributed by atoms with Crippen LogP contribution in [0.15, 0.2) is 42.5 Å². The molecule has 0 radical (unpaired) electrons. The van der Waals surface area contributed by atoms with Crippen molar-refractivity contribution in [3.8, 4) is 0 Å². The molecule has 4 nitrogen and oxygen atoms in total. The van der Waals surface area contributed by atoms with Gasteiger partial charge in [-0.1, -0.05) is 37.6 Å². The van der Waals surface area contributed by atoms with Gasteiger partial charge in [0.25, 0.3) is 0 Å². The fourth-order valence-electron chi connectivity index (χ4n) is 2.80. The summed E-state index contributed by atoms with van der Waals surface area (Å²) in [5.74, 6) is -0.319. The second-order valence-electron chi connectivity index (χ2n) is 6.47. The molecule has 0 aliphatic heterocycles. The molecule has 0 aliphatic carbocycles. The Kier molecular flexibility index (Phi) is 6.21. The molecule has 2 amide bonds. The molecule has 0 saturated heterocycles. The fraction of sp³-hybridized carbons (Fsp3) is 0.300. The van der Waals surface area contributed by atoms with Gasteiger partial charge in [0, 0.05) is 23.3 Å². The zero-order chi connectivity index (χ0) is 18.6. The Labute approximate surface area is 153 Å². The summed E-state index contributed by atoms with van der Waals surface area (Å²) in [5.41, 5.74) is 3.27. The zero-order valence-electron chi connectivity index (χ0n) is 14.9. The summed E-state index contributed by atoms with van der Waals surface area (Å²) < 4.78 is 0. The Bertz CT molecular complexity index is 770. The van der Waals surface area contributed by atoms with E-state index >= 15 is 0 Å². The average Bonchev–Trinajstić information content (AvgIpc) is 2.51. The normalized spacial score (nSPS) is 11.9. The number of amides is 2. The first-order chi connectivity index (χ1) is 11.8. The Balaban J connectivity index is 2.19. The van der Waals surface area contributed by atoms with Crippen molar-refractivity contribution in [3.05, 3.63) is 58.6 Å². The minimum atomic E-state index is -0.271. The van der Waals surface area contributed by atoms with Crippen molar-refractivity contribution in [2.75, 3.05) is 10.6 Å². The van der Waals surface area contributed by atoms with Gasteiger partial charge in [-0.3, -0.25) is 9.59 Å².